The highest BCUT2D eigenvalue weighted by Gasteiger charge is 2.08. The molecule has 0 aromatic heterocycles. The maximum absolute atomic E-state index is 2.80. The summed E-state index contributed by atoms with van der Waals surface area (Å²) < 4.78 is 0. The summed E-state index contributed by atoms with van der Waals surface area (Å²) in [6.07, 6.45) is 0. The Morgan fingerprint density at radius 3 is 2.19 bits per heavy atom. The van der Waals surface area contributed by atoms with Gasteiger partial charge in [0.2, 0.25) is 0 Å². The van der Waals surface area contributed by atoms with E-state index >= 15 is 0 Å². The molecule has 0 amide bonds. The van der Waals surface area contributed by atoms with Gasteiger partial charge in [0, 0.05) is 19.7 Å². The van der Waals surface area contributed by atoms with Crippen molar-refractivity contribution in [2.45, 2.75) is 0 Å². The number of hydrogen-bond donors (Lipinski definition) is 0. The average Bonchev–Trinajstić information content (AvgIpc) is 2.29. The van der Waals surface area contributed by atoms with Gasteiger partial charge in [-0.3, -0.25) is 0 Å². The second-order valence-corrected chi connectivity index (χ2v) is 4.63. The first-order chi connectivity index (χ1) is 7.70. The van der Waals surface area contributed by atoms with E-state index in [1.54, 1.807) is 0 Å². The number of benzene rings is 2. The van der Waals surface area contributed by atoms with Crippen molar-refractivity contribution < 1.29 is 0 Å². The molecule has 2 rings (SSSR count). The van der Waals surface area contributed by atoms with Gasteiger partial charge < -0.3 is 4.90 Å². The average molecular weight is 229 g/mol. The van der Waals surface area contributed by atoms with Gasteiger partial charge in [0.05, 0.1) is 5.69 Å². The minimum absolute atomic E-state index is 1.23. The van der Waals surface area contributed by atoms with Crippen LogP contribution in [0.15, 0.2) is 48.5 Å². The molecule has 1 nitrogen and oxygen atoms in total. The Bertz CT molecular complexity index is 477. The lowest BCUT2D eigenvalue weighted by Crippen LogP contribution is -2.16. The van der Waals surface area contributed by atoms with Gasteiger partial charge in [-0.1, -0.05) is 48.5 Å². The van der Waals surface area contributed by atoms with Crippen molar-refractivity contribution in [2.24, 2.45) is 0 Å². The van der Waals surface area contributed by atoms with Crippen molar-refractivity contribution >= 4 is 20.2 Å². The summed E-state index contributed by atoms with van der Waals surface area (Å²) in [6, 6.07) is 16.9. The van der Waals surface area contributed by atoms with Crippen molar-refractivity contribution in [3.05, 3.63) is 48.5 Å². The highest BCUT2D eigenvalue weighted by Crippen LogP contribution is 2.28. The molecular formula is C14H16NP. The molecule has 0 spiro atoms. The topological polar surface area (TPSA) is 3.24 Å². The lowest BCUT2D eigenvalue weighted by atomic mass is 10.0. The van der Waals surface area contributed by atoms with Crippen molar-refractivity contribution in [3.63, 3.8) is 0 Å². The lowest BCUT2D eigenvalue weighted by Gasteiger charge is -2.20. The van der Waals surface area contributed by atoms with Crippen LogP contribution in [0.1, 0.15) is 0 Å². The van der Waals surface area contributed by atoms with E-state index in [4.69, 9.17) is 0 Å². The first-order valence-electron chi connectivity index (χ1n) is 5.31. The van der Waals surface area contributed by atoms with Crippen LogP contribution in [0.2, 0.25) is 0 Å². The highest BCUT2D eigenvalue weighted by molar-refractivity contribution is 7.28. The van der Waals surface area contributed by atoms with Gasteiger partial charge in [0.1, 0.15) is 0 Å². The second-order valence-electron chi connectivity index (χ2n) is 4.00. The molecule has 2 aromatic rings. The molecule has 0 radical (unpaired) electrons. The molecule has 0 saturated heterocycles. The predicted molar refractivity (Wildman–Crippen MR) is 75.5 cm³/mol. The SMILES string of the molecule is CN(C)c1c(P)cccc1-c1ccccc1. The first-order valence-corrected chi connectivity index (χ1v) is 5.89. The zero-order chi connectivity index (χ0) is 11.5. The Labute approximate surface area is 99.3 Å². The Balaban J connectivity index is 2.61. The summed E-state index contributed by atoms with van der Waals surface area (Å²) in [6.45, 7) is 0. The quantitative estimate of drug-likeness (QED) is 0.716. The fourth-order valence-electron chi connectivity index (χ4n) is 1.91. The zero-order valence-electron chi connectivity index (χ0n) is 9.64. The van der Waals surface area contributed by atoms with Crippen LogP contribution in [0.4, 0.5) is 5.69 Å². The monoisotopic (exact) mass is 229 g/mol. The van der Waals surface area contributed by atoms with E-state index in [1.165, 1.54) is 22.1 Å². The van der Waals surface area contributed by atoms with Gasteiger partial charge in [-0.2, -0.15) is 0 Å². The van der Waals surface area contributed by atoms with E-state index in [-0.39, 0.29) is 0 Å². The molecule has 0 N–H and O–H groups in total. The Kier molecular flexibility index (Phi) is 3.26. The Morgan fingerprint density at radius 2 is 1.56 bits per heavy atom. The van der Waals surface area contributed by atoms with Crippen LogP contribution in [-0.2, 0) is 0 Å². The smallest absolute Gasteiger partial charge is 0.0513 e. The molecular weight excluding hydrogens is 213 g/mol. The minimum Gasteiger partial charge on any atom is -0.377 e. The summed E-state index contributed by atoms with van der Waals surface area (Å²) in [5.74, 6) is 0. The maximum atomic E-state index is 2.80. The Morgan fingerprint density at radius 1 is 0.875 bits per heavy atom. The van der Waals surface area contributed by atoms with E-state index < -0.39 is 0 Å². The van der Waals surface area contributed by atoms with E-state index in [1.807, 2.05) is 6.07 Å². The highest BCUT2D eigenvalue weighted by atomic mass is 31.0. The largest absolute Gasteiger partial charge is 0.377 e. The molecule has 2 heteroatoms. The van der Waals surface area contributed by atoms with Gasteiger partial charge in [0.25, 0.3) is 0 Å². The number of nitrogens with zero attached hydrogens (tertiary/aromatic N) is 1. The predicted octanol–water partition coefficient (Wildman–Crippen LogP) is 2.92. The van der Waals surface area contributed by atoms with Crippen LogP contribution in [0.25, 0.3) is 11.1 Å². The first kappa shape index (κ1) is 11.2. The van der Waals surface area contributed by atoms with Crippen molar-refractivity contribution in [3.8, 4) is 11.1 Å². The van der Waals surface area contributed by atoms with Gasteiger partial charge in [0.15, 0.2) is 0 Å². The van der Waals surface area contributed by atoms with Crippen molar-refractivity contribution in [1.82, 2.24) is 0 Å². The third-order valence-corrected chi connectivity index (χ3v) is 3.07. The van der Waals surface area contributed by atoms with Gasteiger partial charge in [-0.25, -0.2) is 0 Å². The molecule has 0 saturated carbocycles. The number of anilines is 1. The molecule has 0 heterocycles. The second kappa shape index (κ2) is 4.67. The number of para-hydroxylation sites is 1. The van der Waals surface area contributed by atoms with Crippen molar-refractivity contribution in [2.75, 3.05) is 19.0 Å². The molecule has 1 unspecified atom stereocenters. The van der Waals surface area contributed by atoms with Crippen molar-refractivity contribution in [1.29, 1.82) is 0 Å². The fraction of sp³-hybridized carbons (Fsp3) is 0.143. The van der Waals surface area contributed by atoms with Gasteiger partial charge >= 0.3 is 0 Å². The molecule has 0 aliphatic heterocycles. The third-order valence-electron chi connectivity index (χ3n) is 2.60. The molecule has 0 bridgehead atoms. The minimum atomic E-state index is 1.23. The number of rotatable bonds is 2. The van der Waals surface area contributed by atoms with Crippen LogP contribution < -0.4 is 10.2 Å². The van der Waals surface area contributed by atoms with Crippen LogP contribution in [0.5, 0.6) is 0 Å². The van der Waals surface area contributed by atoms with E-state index in [2.05, 4.69) is 70.7 Å². The zero-order valence-corrected chi connectivity index (χ0v) is 10.8. The maximum Gasteiger partial charge on any atom is 0.0513 e. The summed E-state index contributed by atoms with van der Waals surface area (Å²) in [7, 11) is 6.96. The fourth-order valence-corrected chi connectivity index (χ4v) is 2.44. The summed E-state index contributed by atoms with van der Waals surface area (Å²) >= 11 is 0. The third kappa shape index (κ3) is 2.10. The number of hydrogen-bond acceptors (Lipinski definition) is 1. The molecule has 0 fully saturated rings. The lowest BCUT2D eigenvalue weighted by molar-refractivity contribution is 1.14. The summed E-state index contributed by atoms with van der Waals surface area (Å²) in [4.78, 5) is 2.16. The van der Waals surface area contributed by atoms with E-state index in [0.29, 0.717) is 0 Å². The Hall–Kier alpha value is -1.33. The van der Waals surface area contributed by atoms with E-state index in [9.17, 15) is 0 Å². The van der Waals surface area contributed by atoms with Gasteiger partial charge in [-0.05, 0) is 10.9 Å². The van der Waals surface area contributed by atoms with Crippen LogP contribution >= 0.6 is 9.24 Å². The van der Waals surface area contributed by atoms with Crippen LogP contribution in [0, 0.1) is 0 Å². The van der Waals surface area contributed by atoms with E-state index in [0.717, 1.165) is 0 Å². The van der Waals surface area contributed by atoms with Gasteiger partial charge in [-0.15, -0.1) is 9.24 Å². The van der Waals surface area contributed by atoms with Crippen LogP contribution in [0.3, 0.4) is 0 Å². The summed E-state index contributed by atoms with van der Waals surface area (Å²) in [5.41, 5.74) is 3.80. The molecule has 16 heavy (non-hydrogen) atoms. The molecule has 82 valence electrons. The normalized spacial score (nSPS) is 10.2. The molecule has 2 aromatic carbocycles. The standard InChI is InChI=1S/C14H16NP/c1-15(2)14-12(9-6-10-13(14)16)11-7-4-3-5-8-11/h3-10H,16H2,1-2H3. The van der Waals surface area contributed by atoms with Crippen LogP contribution in [-0.4, -0.2) is 14.1 Å². The molecule has 0 aliphatic rings. The molecule has 0 aliphatic carbocycles. The summed E-state index contributed by atoms with van der Waals surface area (Å²) in [5, 5.41) is 1.23. The molecule has 1 atom stereocenters.